The Balaban J connectivity index is 1.54. The first-order valence-corrected chi connectivity index (χ1v) is 13.1. The summed E-state index contributed by atoms with van der Waals surface area (Å²) in [6.07, 6.45) is 0.749. The topological polar surface area (TPSA) is 91.3 Å². The number of aryl methyl sites for hydroxylation is 1. The van der Waals surface area contributed by atoms with Crippen LogP contribution in [0.15, 0.2) is 106 Å². The Labute approximate surface area is 214 Å². The van der Waals surface area contributed by atoms with Crippen molar-refractivity contribution in [3.05, 3.63) is 108 Å². The van der Waals surface area contributed by atoms with Gasteiger partial charge in [0.15, 0.2) is 0 Å². The zero-order chi connectivity index (χ0) is 25.5. The molecule has 36 heavy (non-hydrogen) atoms. The number of benzene rings is 4. The molecule has 9 heteroatoms. The largest absolute Gasteiger partial charge is 0.497 e. The molecule has 4 aromatic rings. The zero-order valence-electron chi connectivity index (χ0n) is 19.6. The first kappa shape index (κ1) is 25.7. The molecule has 0 bridgehead atoms. The summed E-state index contributed by atoms with van der Waals surface area (Å²) in [6.45, 7) is 1.88. The molecule has 0 saturated heterocycles. The van der Waals surface area contributed by atoms with E-state index in [1.165, 1.54) is 18.2 Å². The Morgan fingerprint density at radius 3 is 1.94 bits per heavy atom. The van der Waals surface area contributed by atoms with Gasteiger partial charge in [0.2, 0.25) is 9.84 Å². The maximum atomic E-state index is 13.1. The van der Waals surface area contributed by atoms with E-state index in [0.29, 0.717) is 28.4 Å². The fourth-order valence-electron chi connectivity index (χ4n) is 3.49. The Morgan fingerprint density at radius 1 is 0.778 bits per heavy atom. The minimum Gasteiger partial charge on any atom is -0.497 e. The van der Waals surface area contributed by atoms with Crippen LogP contribution in [0.2, 0.25) is 0 Å². The molecular weight excluding hydrogens is 500 g/mol. The second-order valence-electron chi connectivity index (χ2n) is 7.92. The molecule has 0 fully saturated rings. The van der Waals surface area contributed by atoms with Crippen LogP contribution in [0, 0.1) is 6.92 Å². The van der Waals surface area contributed by atoms with E-state index in [-0.39, 0.29) is 9.79 Å². The van der Waals surface area contributed by atoms with Gasteiger partial charge in [-0.2, -0.15) is 0 Å². The lowest BCUT2D eigenvalue weighted by molar-refractivity contribution is -0.432. The average Bonchev–Trinajstić information content (AvgIpc) is 2.90. The van der Waals surface area contributed by atoms with Crippen molar-refractivity contribution in [1.82, 2.24) is 0 Å². The molecule has 0 amide bonds. The van der Waals surface area contributed by atoms with E-state index in [2.05, 4.69) is 9.37 Å². The molecule has 186 valence electrons. The summed E-state index contributed by atoms with van der Waals surface area (Å²) < 4.78 is 41.9. The quantitative estimate of drug-likeness (QED) is 0.140. The highest BCUT2D eigenvalue weighted by atomic mass is 32.2. The van der Waals surface area contributed by atoms with Crippen LogP contribution < -0.4 is 9.47 Å². The molecule has 4 aromatic carbocycles. The van der Waals surface area contributed by atoms with Gasteiger partial charge in [0.05, 0.1) is 33.8 Å². The first-order valence-electron chi connectivity index (χ1n) is 10.9. The van der Waals surface area contributed by atoms with E-state index in [1.807, 2.05) is 55.5 Å². The molecule has 0 unspecified atom stereocenters. The lowest BCUT2D eigenvalue weighted by Gasteiger charge is -2.13. The van der Waals surface area contributed by atoms with E-state index in [0.717, 1.165) is 28.9 Å². The fraction of sp³-hybridized carbons (Fsp3) is 0.111. The number of sulfone groups is 1. The molecule has 0 aliphatic rings. The van der Waals surface area contributed by atoms with Gasteiger partial charge in [0, 0.05) is 0 Å². The SMILES string of the molecule is COc1ccc(Cc2ccc(Oc3ccc(S(=O)(=O)c4ccc(C)cc4)cc3SOOO)cc2)cc1. The molecular formula is C27H24O7S2. The third kappa shape index (κ3) is 6.26. The van der Waals surface area contributed by atoms with Crippen LogP contribution in [-0.4, -0.2) is 20.8 Å². The van der Waals surface area contributed by atoms with Gasteiger partial charge in [-0.3, -0.25) is 0 Å². The van der Waals surface area contributed by atoms with Gasteiger partial charge in [-0.1, -0.05) is 47.0 Å². The standard InChI is InChI=1S/C27H24O7S2/c1-19-3-13-24(14-4-19)36(29,30)25-15-16-26(27(18-25)35-34-33-28)32-23-11-7-21(8-12-23)17-20-5-9-22(31-2)10-6-20/h3-16,18,28H,17H2,1-2H3. The van der Waals surface area contributed by atoms with E-state index in [9.17, 15) is 8.42 Å². The van der Waals surface area contributed by atoms with Crippen molar-refractivity contribution in [2.75, 3.05) is 7.11 Å². The van der Waals surface area contributed by atoms with Crippen LogP contribution in [0.3, 0.4) is 0 Å². The predicted octanol–water partition coefficient (Wildman–Crippen LogP) is 6.65. The van der Waals surface area contributed by atoms with Crippen molar-refractivity contribution < 1.29 is 32.5 Å². The van der Waals surface area contributed by atoms with Gasteiger partial charge in [0.1, 0.15) is 17.2 Å². The minimum absolute atomic E-state index is 0.0533. The Kier molecular flexibility index (Phi) is 8.29. The molecule has 0 aromatic heterocycles. The molecule has 0 saturated carbocycles. The van der Waals surface area contributed by atoms with Crippen molar-refractivity contribution in [2.24, 2.45) is 0 Å². The Morgan fingerprint density at radius 2 is 1.36 bits per heavy atom. The van der Waals surface area contributed by atoms with Crippen molar-refractivity contribution in [2.45, 2.75) is 28.0 Å². The van der Waals surface area contributed by atoms with Crippen molar-refractivity contribution >= 4 is 21.9 Å². The third-order valence-corrected chi connectivity index (χ3v) is 7.82. The number of methoxy groups -OCH3 is 1. The summed E-state index contributed by atoms with van der Waals surface area (Å²) >= 11 is 0.630. The molecule has 0 aliphatic carbocycles. The van der Waals surface area contributed by atoms with E-state index < -0.39 is 9.84 Å². The molecule has 0 spiro atoms. The van der Waals surface area contributed by atoms with Gasteiger partial charge < -0.3 is 9.47 Å². The van der Waals surface area contributed by atoms with Gasteiger partial charge >= 0.3 is 0 Å². The number of hydrogen-bond donors (Lipinski definition) is 1. The van der Waals surface area contributed by atoms with Crippen LogP contribution in [0.4, 0.5) is 0 Å². The fourth-order valence-corrected chi connectivity index (χ4v) is 5.32. The smallest absolute Gasteiger partial charge is 0.206 e. The van der Waals surface area contributed by atoms with Crippen LogP contribution in [0.1, 0.15) is 16.7 Å². The number of rotatable bonds is 10. The van der Waals surface area contributed by atoms with Crippen molar-refractivity contribution in [3.63, 3.8) is 0 Å². The zero-order valence-corrected chi connectivity index (χ0v) is 21.2. The second kappa shape index (κ2) is 11.6. The average molecular weight is 525 g/mol. The summed E-state index contributed by atoms with van der Waals surface area (Å²) in [5.41, 5.74) is 3.20. The normalized spacial score (nSPS) is 11.3. The molecule has 0 radical (unpaired) electrons. The van der Waals surface area contributed by atoms with E-state index in [1.54, 1.807) is 31.4 Å². The first-order chi connectivity index (χ1) is 17.4. The van der Waals surface area contributed by atoms with Gasteiger partial charge in [0.25, 0.3) is 0 Å². The summed E-state index contributed by atoms with van der Waals surface area (Å²) in [6, 6.07) is 26.4. The third-order valence-electron chi connectivity index (χ3n) is 5.43. The molecule has 0 aliphatic heterocycles. The lowest BCUT2D eigenvalue weighted by Crippen LogP contribution is -2.02. The highest BCUT2D eigenvalue weighted by molar-refractivity contribution is 7.94. The summed E-state index contributed by atoms with van der Waals surface area (Å²) in [5, 5.41) is 12.3. The molecule has 0 heterocycles. The highest BCUT2D eigenvalue weighted by Gasteiger charge is 2.20. The predicted molar refractivity (Wildman–Crippen MR) is 136 cm³/mol. The van der Waals surface area contributed by atoms with Gasteiger partial charge in [-0.15, -0.1) is 4.33 Å². The van der Waals surface area contributed by atoms with E-state index >= 15 is 0 Å². The molecule has 1 N–H and O–H groups in total. The lowest BCUT2D eigenvalue weighted by atomic mass is 10.0. The van der Waals surface area contributed by atoms with E-state index in [4.69, 9.17) is 14.7 Å². The van der Waals surface area contributed by atoms with Crippen LogP contribution in [-0.2, 0) is 25.6 Å². The van der Waals surface area contributed by atoms with Gasteiger partial charge in [-0.05, 0) is 79.1 Å². The van der Waals surface area contributed by atoms with Crippen molar-refractivity contribution in [3.8, 4) is 17.2 Å². The Bertz CT molecular complexity index is 1400. The van der Waals surface area contributed by atoms with Gasteiger partial charge in [-0.25, -0.2) is 13.7 Å². The molecule has 7 nitrogen and oxygen atoms in total. The summed E-state index contributed by atoms with van der Waals surface area (Å²) in [4.78, 5) is 0.529. The maximum Gasteiger partial charge on any atom is 0.206 e. The van der Waals surface area contributed by atoms with Crippen LogP contribution in [0.25, 0.3) is 0 Å². The number of ether oxygens (including phenoxy) is 2. The summed E-state index contributed by atoms with van der Waals surface area (Å²) in [5.74, 6) is 1.70. The summed E-state index contributed by atoms with van der Waals surface area (Å²) in [7, 11) is -2.13. The Hall–Kier alpha value is -3.34. The second-order valence-corrected chi connectivity index (χ2v) is 10.6. The highest BCUT2D eigenvalue weighted by Crippen LogP contribution is 2.36. The minimum atomic E-state index is -3.77. The number of hydrogen-bond acceptors (Lipinski definition) is 8. The molecule has 4 rings (SSSR count). The molecule has 0 atom stereocenters. The monoisotopic (exact) mass is 524 g/mol. The van der Waals surface area contributed by atoms with Crippen molar-refractivity contribution in [1.29, 1.82) is 0 Å². The maximum absolute atomic E-state index is 13.1. The van der Waals surface area contributed by atoms with Crippen LogP contribution >= 0.6 is 12.0 Å². The van der Waals surface area contributed by atoms with Crippen LogP contribution in [0.5, 0.6) is 17.2 Å².